The van der Waals surface area contributed by atoms with Gasteiger partial charge >= 0.3 is 6.18 Å². The summed E-state index contributed by atoms with van der Waals surface area (Å²) in [4.78, 5) is 1.93. The Morgan fingerprint density at radius 3 is 2.73 bits per heavy atom. The molecule has 1 aliphatic heterocycles. The highest BCUT2D eigenvalue weighted by Gasteiger charge is 2.33. The van der Waals surface area contributed by atoms with Crippen LogP contribution in [0.1, 0.15) is 20.3 Å². The third-order valence-electron chi connectivity index (χ3n) is 2.76. The Kier molecular flexibility index (Phi) is 4.40. The summed E-state index contributed by atoms with van der Waals surface area (Å²) < 4.78 is 36.7. The second-order valence-corrected chi connectivity index (χ2v) is 4.47. The number of hydrogen-bond acceptors (Lipinski definition) is 2. The van der Waals surface area contributed by atoms with Gasteiger partial charge in [0.1, 0.15) is 0 Å². The van der Waals surface area contributed by atoms with Crippen molar-refractivity contribution in [2.75, 3.05) is 26.2 Å². The average Bonchev–Trinajstić information content (AvgIpc) is 2.26. The Labute approximate surface area is 88.8 Å². The minimum Gasteiger partial charge on any atom is -0.315 e. The highest BCUT2D eigenvalue weighted by atomic mass is 19.4. The fourth-order valence-electron chi connectivity index (χ4n) is 1.99. The van der Waals surface area contributed by atoms with Crippen LogP contribution in [0.2, 0.25) is 0 Å². The van der Waals surface area contributed by atoms with E-state index < -0.39 is 18.6 Å². The molecule has 2 nitrogen and oxygen atoms in total. The Bertz CT molecular complexity index is 194. The zero-order chi connectivity index (χ0) is 11.5. The van der Waals surface area contributed by atoms with E-state index in [4.69, 9.17) is 0 Å². The summed E-state index contributed by atoms with van der Waals surface area (Å²) in [5, 5.41) is 3.22. The molecule has 1 saturated heterocycles. The number of nitrogens with one attached hydrogen (secondary N) is 1. The molecule has 1 aliphatic rings. The van der Waals surface area contributed by atoms with Crippen molar-refractivity contribution in [3.63, 3.8) is 0 Å². The molecule has 0 amide bonds. The SMILES string of the molecule is CC1CNCCN(C(C)CC(F)(F)F)C1. The minimum absolute atomic E-state index is 0.410. The number of hydrogen-bond donors (Lipinski definition) is 1. The summed E-state index contributed by atoms with van der Waals surface area (Å²) in [5.41, 5.74) is 0. The molecule has 0 spiro atoms. The van der Waals surface area contributed by atoms with Gasteiger partial charge in [0.05, 0.1) is 6.42 Å². The van der Waals surface area contributed by atoms with Crippen molar-refractivity contribution in [2.45, 2.75) is 32.5 Å². The lowest BCUT2D eigenvalue weighted by atomic mass is 10.1. The monoisotopic (exact) mass is 224 g/mol. The quantitative estimate of drug-likeness (QED) is 0.770. The van der Waals surface area contributed by atoms with Crippen LogP contribution in [0.3, 0.4) is 0 Å². The van der Waals surface area contributed by atoms with Crippen LogP contribution in [-0.2, 0) is 0 Å². The van der Waals surface area contributed by atoms with Crippen molar-refractivity contribution < 1.29 is 13.2 Å². The lowest BCUT2D eigenvalue weighted by Gasteiger charge is -2.29. The van der Waals surface area contributed by atoms with Crippen molar-refractivity contribution >= 4 is 0 Å². The molecule has 0 aromatic heterocycles. The molecule has 1 heterocycles. The number of rotatable bonds is 2. The molecule has 90 valence electrons. The van der Waals surface area contributed by atoms with E-state index in [9.17, 15) is 13.2 Å². The Balaban J connectivity index is 2.46. The summed E-state index contributed by atoms with van der Waals surface area (Å²) in [5.74, 6) is 0.420. The molecule has 0 radical (unpaired) electrons. The van der Waals surface area contributed by atoms with Gasteiger partial charge in [0.15, 0.2) is 0 Å². The molecule has 0 bridgehead atoms. The topological polar surface area (TPSA) is 15.3 Å². The molecule has 0 aromatic carbocycles. The molecule has 0 saturated carbocycles. The van der Waals surface area contributed by atoms with Crippen molar-refractivity contribution in [3.05, 3.63) is 0 Å². The molecule has 5 heteroatoms. The summed E-state index contributed by atoms with van der Waals surface area (Å²) in [6, 6.07) is -0.410. The van der Waals surface area contributed by atoms with Crippen LogP contribution in [0.4, 0.5) is 13.2 Å². The molecule has 0 aromatic rings. The molecular formula is C10H19F3N2. The zero-order valence-corrected chi connectivity index (χ0v) is 9.27. The second-order valence-electron chi connectivity index (χ2n) is 4.47. The number of alkyl halides is 3. The van der Waals surface area contributed by atoms with Crippen LogP contribution in [0.15, 0.2) is 0 Å². The van der Waals surface area contributed by atoms with E-state index in [1.807, 2.05) is 4.90 Å². The van der Waals surface area contributed by atoms with E-state index in [-0.39, 0.29) is 0 Å². The van der Waals surface area contributed by atoms with Crippen LogP contribution in [0.5, 0.6) is 0 Å². The van der Waals surface area contributed by atoms with E-state index in [2.05, 4.69) is 12.2 Å². The molecule has 2 atom stereocenters. The van der Waals surface area contributed by atoms with Gasteiger partial charge in [0.2, 0.25) is 0 Å². The number of nitrogens with zero attached hydrogens (tertiary/aromatic N) is 1. The predicted molar refractivity (Wildman–Crippen MR) is 53.7 cm³/mol. The van der Waals surface area contributed by atoms with E-state index in [0.29, 0.717) is 12.5 Å². The van der Waals surface area contributed by atoms with Crippen molar-refractivity contribution in [1.82, 2.24) is 10.2 Å². The first kappa shape index (κ1) is 12.8. The maximum absolute atomic E-state index is 12.2. The van der Waals surface area contributed by atoms with Gasteiger partial charge in [-0.1, -0.05) is 6.92 Å². The van der Waals surface area contributed by atoms with Crippen LogP contribution >= 0.6 is 0 Å². The Hall–Kier alpha value is -0.290. The number of halogens is 3. The highest BCUT2D eigenvalue weighted by molar-refractivity contribution is 4.77. The predicted octanol–water partition coefficient (Wildman–Crippen LogP) is 1.87. The van der Waals surface area contributed by atoms with Gasteiger partial charge in [-0.3, -0.25) is 4.90 Å². The van der Waals surface area contributed by atoms with Gasteiger partial charge in [-0.15, -0.1) is 0 Å². The third-order valence-corrected chi connectivity index (χ3v) is 2.76. The molecule has 2 unspecified atom stereocenters. The van der Waals surface area contributed by atoms with Gasteiger partial charge in [0, 0.05) is 25.7 Å². The smallest absolute Gasteiger partial charge is 0.315 e. The zero-order valence-electron chi connectivity index (χ0n) is 9.27. The summed E-state index contributed by atoms with van der Waals surface area (Å²) in [6.07, 6.45) is -4.76. The lowest BCUT2D eigenvalue weighted by molar-refractivity contribution is -0.146. The fourth-order valence-corrected chi connectivity index (χ4v) is 1.99. The first-order chi connectivity index (χ1) is 6.88. The van der Waals surface area contributed by atoms with E-state index in [0.717, 1.165) is 19.6 Å². The maximum Gasteiger partial charge on any atom is 0.390 e. The van der Waals surface area contributed by atoms with Crippen LogP contribution in [-0.4, -0.2) is 43.3 Å². The largest absolute Gasteiger partial charge is 0.390 e. The second kappa shape index (κ2) is 5.16. The highest BCUT2D eigenvalue weighted by Crippen LogP contribution is 2.24. The molecule has 15 heavy (non-hydrogen) atoms. The van der Waals surface area contributed by atoms with Crippen molar-refractivity contribution in [1.29, 1.82) is 0 Å². The summed E-state index contributed by atoms with van der Waals surface area (Å²) >= 11 is 0. The van der Waals surface area contributed by atoms with Gasteiger partial charge < -0.3 is 5.32 Å². The van der Waals surface area contributed by atoms with Crippen molar-refractivity contribution in [2.24, 2.45) is 5.92 Å². The summed E-state index contributed by atoms with van der Waals surface area (Å²) in [7, 11) is 0. The first-order valence-corrected chi connectivity index (χ1v) is 5.40. The van der Waals surface area contributed by atoms with E-state index in [1.54, 1.807) is 6.92 Å². The summed E-state index contributed by atoms with van der Waals surface area (Å²) in [6.45, 7) is 6.87. The van der Waals surface area contributed by atoms with Crippen molar-refractivity contribution in [3.8, 4) is 0 Å². The third kappa shape index (κ3) is 4.84. The standard InChI is InChI=1S/C10H19F3N2/c1-8-6-14-3-4-15(7-8)9(2)5-10(11,12)13/h8-9,14H,3-7H2,1-2H3. The maximum atomic E-state index is 12.2. The first-order valence-electron chi connectivity index (χ1n) is 5.40. The molecule has 1 fully saturated rings. The minimum atomic E-state index is -4.05. The molecular weight excluding hydrogens is 205 g/mol. The van der Waals surface area contributed by atoms with Gasteiger partial charge in [-0.05, 0) is 19.4 Å². The Morgan fingerprint density at radius 1 is 1.47 bits per heavy atom. The van der Waals surface area contributed by atoms with Crippen LogP contribution in [0, 0.1) is 5.92 Å². The normalized spacial score (nSPS) is 27.4. The van der Waals surface area contributed by atoms with Crippen LogP contribution in [0.25, 0.3) is 0 Å². The van der Waals surface area contributed by atoms with E-state index >= 15 is 0 Å². The van der Waals surface area contributed by atoms with Crippen LogP contribution < -0.4 is 5.32 Å². The fraction of sp³-hybridized carbons (Fsp3) is 1.00. The Morgan fingerprint density at radius 2 is 2.13 bits per heavy atom. The average molecular weight is 224 g/mol. The van der Waals surface area contributed by atoms with Gasteiger partial charge in [-0.25, -0.2) is 0 Å². The molecule has 1 N–H and O–H groups in total. The lowest BCUT2D eigenvalue weighted by Crippen LogP contribution is -2.39. The van der Waals surface area contributed by atoms with Gasteiger partial charge in [0.25, 0.3) is 0 Å². The molecule has 0 aliphatic carbocycles. The van der Waals surface area contributed by atoms with E-state index in [1.165, 1.54) is 0 Å². The van der Waals surface area contributed by atoms with Gasteiger partial charge in [-0.2, -0.15) is 13.2 Å². The molecule has 1 rings (SSSR count).